The molecule has 0 radical (unpaired) electrons. The molecule has 2 aromatic carbocycles. The van der Waals surface area contributed by atoms with E-state index in [2.05, 4.69) is 10.6 Å². The molecule has 2 aromatic rings. The number of rotatable bonds is 8. The molecule has 1 heterocycles. The van der Waals surface area contributed by atoms with E-state index in [0.717, 1.165) is 0 Å². The lowest BCUT2D eigenvalue weighted by Gasteiger charge is -2.26. The van der Waals surface area contributed by atoms with Gasteiger partial charge in [-0.3, -0.25) is 14.4 Å². The van der Waals surface area contributed by atoms with Crippen LogP contribution in [0.1, 0.15) is 27.6 Å². The number of nitrogens with zero attached hydrogens (tertiary/aromatic N) is 1. The first-order valence-corrected chi connectivity index (χ1v) is 10.4. The van der Waals surface area contributed by atoms with Gasteiger partial charge in [-0.2, -0.15) is 0 Å². The van der Waals surface area contributed by atoms with Gasteiger partial charge in [-0.15, -0.1) is 0 Å². The van der Waals surface area contributed by atoms with Crippen LogP contribution in [0.25, 0.3) is 0 Å². The van der Waals surface area contributed by atoms with Crippen molar-refractivity contribution in [2.75, 3.05) is 51.9 Å². The van der Waals surface area contributed by atoms with Crippen LogP contribution in [0.2, 0.25) is 0 Å². The Morgan fingerprint density at radius 3 is 2.28 bits per heavy atom. The highest BCUT2D eigenvalue weighted by atomic mass is 16.5. The van der Waals surface area contributed by atoms with E-state index in [9.17, 15) is 14.4 Å². The zero-order chi connectivity index (χ0) is 22.9. The maximum absolute atomic E-state index is 12.7. The first-order chi connectivity index (χ1) is 15.5. The van der Waals surface area contributed by atoms with E-state index in [0.29, 0.717) is 61.2 Å². The molecule has 1 saturated heterocycles. The number of hydrogen-bond acceptors (Lipinski definition) is 6. The van der Waals surface area contributed by atoms with E-state index in [1.165, 1.54) is 0 Å². The summed E-state index contributed by atoms with van der Waals surface area (Å²) < 4.78 is 16.5. The molecule has 32 heavy (non-hydrogen) atoms. The second kappa shape index (κ2) is 11.1. The van der Waals surface area contributed by atoms with E-state index in [-0.39, 0.29) is 24.3 Å². The summed E-state index contributed by atoms with van der Waals surface area (Å²) in [6.07, 6.45) is 0. The van der Waals surface area contributed by atoms with Gasteiger partial charge >= 0.3 is 0 Å². The Kier molecular flexibility index (Phi) is 8.04. The van der Waals surface area contributed by atoms with Crippen molar-refractivity contribution in [1.82, 2.24) is 10.2 Å². The maximum Gasteiger partial charge on any atom is 0.260 e. The number of morpholine rings is 1. The van der Waals surface area contributed by atoms with E-state index in [1.54, 1.807) is 54.4 Å². The number of benzene rings is 2. The number of anilines is 1. The van der Waals surface area contributed by atoms with Crippen molar-refractivity contribution < 1.29 is 28.6 Å². The number of nitrogens with one attached hydrogen (secondary N) is 2. The summed E-state index contributed by atoms with van der Waals surface area (Å²) in [5.41, 5.74) is 1.42. The van der Waals surface area contributed by atoms with E-state index < -0.39 is 0 Å². The first-order valence-electron chi connectivity index (χ1n) is 10.4. The van der Waals surface area contributed by atoms with Gasteiger partial charge in [0.2, 0.25) is 0 Å². The summed E-state index contributed by atoms with van der Waals surface area (Å²) in [5, 5.41) is 5.33. The molecule has 9 nitrogen and oxygen atoms in total. The Bertz CT molecular complexity index is 955. The molecule has 3 rings (SSSR count). The summed E-state index contributed by atoms with van der Waals surface area (Å²) in [7, 11) is 1.56. The average Bonchev–Trinajstić information content (AvgIpc) is 2.83. The molecule has 9 heteroatoms. The normalized spacial score (nSPS) is 13.2. The van der Waals surface area contributed by atoms with Gasteiger partial charge in [0.25, 0.3) is 17.7 Å². The third-order valence-electron chi connectivity index (χ3n) is 4.85. The molecule has 0 aliphatic carbocycles. The molecule has 0 bridgehead atoms. The van der Waals surface area contributed by atoms with Gasteiger partial charge in [0.05, 0.1) is 19.8 Å². The molecule has 0 unspecified atom stereocenters. The van der Waals surface area contributed by atoms with Crippen LogP contribution in [0, 0.1) is 0 Å². The van der Waals surface area contributed by atoms with Crippen LogP contribution >= 0.6 is 0 Å². The number of carbonyl (C=O) groups excluding carboxylic acids is 3. The topological polar surface area (TPSA) is 106 Å². The zero-order valence-corrected chi connectivity index (χ0v) is 18.2. The third-order valence-corrected chi connectivity index (χ3v) is 4.85. The Hall–Kier alpha value is -3.59. The largest absolute Gasteiger partial charge is 0.490 e. The first kappa shape index (κ1) is 23.1. The molecule has 2 N–H and O–H groups in total. The van der Waals surface area contributed by atoms with Gasteiger partial charge < -0.3 is 29.7 Å². The lowest BCUT2D eigenvalue weighted by molar-refractivity contribution is -0.137. The molecule has 170 valence electrons. The summed E-state index contributed by atoms with van der Waals surface area (Å²) in [4.78, 5) is 38.3. The highest BCUT2D eigenvalue weighted by Gasteiger charge is 2.19. The van der Waals surface area contributed by atoms with Gasteiger partial charge in [-0.1, -0.05) is 0 Å². The van der Waals surface area contributed by atoms with E-state index in [1.807, 2.05) is 6.92 Å². The summed E-state index contributed by atoms with van der Waals surface area (Å²) in [6.45, 7) is 4.21. The van der Waals surface area contributed by atoms with E-state index in [4.69, 9.17) is 14.2 Å². The minimum absolute atomic E-state index is 0.122. The molecule has 3 amide bonds. The highest BCUT2D eigenvalue weighted by Crippen LogP contribution is 2.29. The molecule has 0 atom stereocenters. The van der Waals surface area contributed by atoms with Gasteiger partial charge in [-0.25, -0.2) is 0 Å². The van der Waals surface area contributed by atoms with Gasteiger partial charge in [0, 0.05) is 37.0 Å². The van der Waals surface area contributed by atoms with Crippen molar-refractivity contribution in [3.63, 3.8) is 0 Å². The minimum atomic E-state index is -0.338. The van der Waals surface area contributed by atoms with Crippen molar-refractivity contribution in [2.45, 2.75) is 6.92 Å². The molecular formula is C23H27N3O6. The second-order valence-corrected chi connectivity index (χ2v) is 6.99. The Morgan fingerprint density at radius 1 is 0.938 bits per heavy atom. The standard InChI is InChI=1S/C23H27N3O6/c1-3-31-20-14-17(23(29)25-18-7-4-16(5-8-18)22(28)24-2)6-9-19(20)32-15-21(27)26-10-12-30-13-11-26/h4-9,14H,3,10-13,15H2,1-2H3,(H,24,28)(H,25,29). The quantitative estimate of drug-likeness (QED) is 0.649. The summed E-state index contributed by atoms with van der Waals surface area (Å²) in [5.74, 6) is 0.101. The Balaban J connectivity index is 1.65. The fraction of sp³-hybridized carbons (Fsp3) is 0.348. The molecule has 1 aliphatic rings. The monoisotopic (exact) mass is 441 g/mol. The SMILES string of the molecule is CCOc1cc(C(=O)Nc2ccc(C(=O)NC)cc2)ccc1OCC(=O)N1CCOCC1. The fourth-order valence-corrected chi connectivity index (χ4v) is 3.13. The van der Waals surface area contributed by atoms with Crippen molar-refractivity contribution in [2.24, 2.45) is 0 Å². The number of amides is 3. The summed E-state index contributed by atoms with van der Waals surface area (Å²) in [6, 6.07) is 11.4. The van der Waals surface area contributed by atoms with Crippen LogP contribution in [0.3, 0.4) is 0 Å². The van der Waals surface area contributed by atoms with Crippen molar-refractivity contribution >= 4 is 23.4 Å². The Morgan fingerprint density at radius 2 is 1.62 bits per heavy atom. The number of carbonyl (C=O) groups is 3. The molecule has 1 fully saturated rings. The highest BCUT2D eigenvalue weighted by molar-refractivity contribution is 6.05. The summed E-state index contributed by atoms with van der Waals surface area (Å²) >= 11 is 0. The van der Waals surface area contributed by atoms with Crippen LogP contribution < -0.4 is 20.1 Å². The van der Waals surface area contributed by atoms with Gasteiger partial charge in [0.15, 0.2) is 18.1 Å². The molecule has 1 aliphatic heterocycles. The predicted octanol–water partition coefficient (Wildman–Crippen LogP) is 1.93. The van der Waals surface area contributed by atoms with E-state index >= 15 is 0 Å². The van der Waals surface area contributed by atoms with Crippen LogP contribution in [-0.4, -0.2) is 69.2 Å². The Labute approximate surface area is 186 Å². The van der Waals surface area contributed by atoms with Crippen LogP contribution in [0.4, 0.5) is 5.69 Å². The number of ether oxygens (including phenoxy) is 3. The van der Waals surface area contributed by atoms with Crippen LogP contribution in [0.15, 0.2) is 42.5 Å². The van der Waals surface area contributed by atoms with Gasteiger partial charge in [0.1, 0.15) is 0 Å². The molecule has 0 spiro atoms. The van der Waals surface area contributed by atoms with Crippen LogP contribution in [-0.2, 0) is 9.53 Å². The molecule has 0 aromatic heterocycles. The minimum Gasteiger partial charge on any atom is -0.490 e. The van der Waals surface area contributed by atoms with Crippen molar-refractivity contribution in [3.8, 4) is 11.5 Å². The average molecular weight is 441 g/mol. The predicted molar refractivity (Wildman–Crippen MR) is 118 cm³/mol. The second-order valence-electron chi connectivity index (χ2n) is 6.99. The molecule has 0 saturated carbocycles. The van der Waals surface area contributed by atoms with Crippen molar-refractivity contribution in [1.29, 1.82) is 0 Å². The number of hydrogen-bond donors (Lipinski definition) is 2. The zero-order valence-electron chi connectivity index (χ0n) is 18.2. The maximum atomic E-state index is 12.7. The van der Waals surface area contributed by atoms with Crippen molar-refractivity contribution in [3.05, 3.63) is 53.6 Å². The lowest BCUT2D eigenvalue weighted by Crippen LogP contribution is -2.43. The lowest BCUT2D eigenvalue weighted by atomic mass is 10.1. The molecular weight excluding hydrogens is 414 g/mol. The third kappa shape index (κ3) is 5.98. The fourth-order valence-electron chi connectivity index (χ4n) is 3.13. The smallest absolute Gasteiger partial charge is 0.260 e. The van der Waals surface area contributed by atoms with Gasteiger partial charge in [-0.05, 0) is 49.4 Å². The van der Waals surface area contributed by atoms with Crippen LogP contribution in [0.5, 0.6) is 11.5 Å².